The highest BCUT2D eigenvalue weighted by Gasteiger charge is 2.22. The fourth-order valence-corrected chi connectivity index (χ4v) is 3.03. The SMILES string of the molecule is CC(C)(CCCOCCCOCCCC(C)(C)CC(=O)NC#N)CC(=O)NC#N. The Kier molecular flexibility index (Phi) is 13.7. The first-order valence-electron chi connectivity index (χ1n) is 10.1. The van der Waals surface area contributed by atoms with Gasteiger partial charge in [0.15, 0.2) is 12.4 Å². The summed E-state index contributed by atoms with van der Waals surface area (Å²) in [6.07, 6.45) is 8.22. The number of amides is 2. The van der Waals surface area contributed by atoms with Crippen LogP contribution in [0.5, 0.6) is 0 Å². The maximum Gasteiger partial charge on any atom is 0.233 e. The third kappa shape index (κ3) is 16.5. The number of hydrogen-bond acceptors (Lipinski definition) is 6. The maximum absolute atomic E-state index is 11.5. The van der Waals surface area contributed by atoms with Crippen molar-refractivity contribution >= 4 is 11.8 Å². The minimum Gasteiger partial charge on any atom is -0.381 e. The zero-order valence-electron chi connectivity index (χ0n) is 18.3. The van der Waals surface area contributed by atoms with Crippen molar-refractivity contribution in [1.29, 1.82) is 10.5 Å². The average Bonchev–Trinajstić information content (AvgIpc) is 2.58. The first kappa shape index (κ1) is 26.8. The molecule has 0 bridgehead atoms. The smallest absolute Gasteiger partial charge is 0.233 e. The largest absolute Gasteiger partial charge is 0.381 e. The molecule has 0 heterocycles. The van der Waals surface area contributed by atoms with Gasteiger partial charge in [-0.2, -0.15) is 10.5 Å². The van der Waals surface area contributed by atoms with E-state index < -0.39 is 0 Å². The predicted octanol–water partition coefficient (Wildman–Crippen LogP) is 3.00. The standard InChI is InChI=1S/C21H36N4O4/c1-20(2,14-18(26)24-16-22)8-5-10-28-12-7-13-29-11-6-9-21(3,4)15-19(27)25-17-23/h5-15H2,1-4H3,(H,24,26)(H,25,27). The van der Waals surface area contributed by atoms with E-state index in [1.807, 2.05) is 27.7 Å². The molecule has 0 fully saturated rings. The Morgan fingerprint density at radius 1 is 0.724 bits per heavy atom. The quantitative estimate of drug-likeness (QED) is 0.230. The molecule has 0 rings (SSSR count). The molecule has 164 valence electrons. The van der Waals surface area contributed by atoms with E-state index >= 15 is 0 Å². The van der Waals surface area contributed by atoms with Crippen LogP contribution in [0.15, 0.2) is 0 Å². The van der Waals surface area contributed by atoms with Gasteiger partial charge in [-0.25, -0.2) is 0 Å². The van der Waals surface area contributed by atoms with Crippen LogP contribution in [-0.2, 0) is 19.1 Å². The summed E-state index contributed by atoms with van der Waals surface area (Å²) in [5, 5.41) is 21.2. The highest BCUT2D eigenvalue weighted by Crippen LogP contribution is 2.27. The molecular weight excluding hydrogens is 372 g/mol. The van der Waals surface area contributed by atoms with E-state index in [-0.39, 0.29) is 22.6 Å². The average molecular weight is 409 g/mol. The normalized spacial score (nSPS) is 11.4. The summed E-state index contributed by atoms with van der Waals surface area (Å²) in [5.74, 6) is -0.492. The Hall–Kier alpha value is -2.16. The van der Waals surface area contributed by atoms with Crippen molar-refractivity contribution in [3.05, 3.63) is 0 Å². The molecule has 0 saturated carbocycles. The molecule has 0 aromatic heterocycles. The van der Waals surface area contributed by atoms with Gasteiger partial charge in [-0.3, -0.25) is 20.2 Å². The van der Waals surface area contributed by atoms with E-state index in [1.54, 1.807) is 12.4 Å². The van der Waals surface area contributed by atoms with Gasteiger partial charge < -0.3 is 9.47 Å². The summed E-state index contributed by atoms with van der Waals surface area (Å²) in [4.78, 5) is 22.9. The number of carbonyl (C=O) groups excluding carboxylic acids is 2. The number of ether oxygens (including phenoxy) is 2. The van der Waals surface area contributed by atoms with Gasteiger partial charge in [-0.15, -0.1) is 0 Å². The first-order valence-corrected chi connectivity index (χ1v) is 10.1. The summed E-state index contributed by atoms with van der Waals surface area (Å²) in [7, 11) is 0. The number of nitrogens with zero attached hydrogens (tertiary/aromatic N) is 2. The van der Waals surface area contributed by atoms with Crippen LogP contribution in [0.1, 0.15) is 72.6 Å². The lowest BCUT2D eigenvalue weighted by Crippen LogP contribution is -2.25. The van der Waals surface area contributed by atoms with Gasteiger partial charge in [0.25, 0.3) is 0 Å². The second-order valence-electron chi connectivity index (χ2n) is 8.79. The molecule has 0 aromatic rings. The molecule has 29 heavy (non-hydrogen) atoms. The first-order chi connectivity index (χ1) is 13.6. The maximum atomic E-state index is 11.5. The summed E-state index contributed by atoms with van der Waals surface area (Å²) in [6.45, 7) is 10.6. The highest BCUT2D eigenvalue weighted by atomic mass is 16.5. The molecule has 0 aromatic carbocycles. The summed E-state index contributed by atoms with van der Waals surface area (Å²) >= 11 is 0. The molecule has 0 atom stereocenters. The van der Waals surface area contributed by atoms with Crippen molar-refractivity contribution < 1.29 is 19.1 Å². The van der Waals surface area contributed by atoms with Crippen LogP contribution >= 0.6 is 0 Å². The number of nitrogens with one attached hydrogen (secondary N) is 2. The summed E-state index contributed by atoms with van der Waals surface area (Å²) < 4.78 is 11.2. The zero-order valence-corrected chi connectivity index (χ0v) is 18.3. The minimum absolute atomic E-state index is 0.156. The molecule has 0 aliphatic carbocycles. The molecule has 0 aliphatic rings. The van der Waals surface area contributed by atoms with E-state index in [2.05, 4.69) is 10.6 Å². The molecule has 0 aliphatic heterocycles. The van der Waals surface area contributed by atoms with Crippen molar-refractivity contribution in [2.24, 2.45) is 10.8 Å². The van der Waals surface area contributed by atoms with Crippen molar-refractivity contribution in [2.45, 2.75) is 72.6 Å². The minimum atomic E-state index is -0.246. The van der Waals surface area contributed by atoms with Crippen molar-refractivity contribution in [3.63, 3.8) is 0 Å². The summed E-state index contributed by atoms with van der Waals surface area (Å²) in [6, 6.07) is 0. The molecule has 0 saturated heterocycles. The third-order valence-electron chi connectivity index (χ3n) is 4.53. The number of rotatable bonds is 16. The molecule has 8 heteroatoms. The van der Waals surface area contributed by atoms with Gasteiger partial charge in [0, 0.05) is 39.3 Å². The van der Waals surface area contributed by atoms with E-state index in [1.165, 1.54) is 0 Å². The lowest BCUT2D eigenvalue weighted by Gasteiger charge is -2.23. The Labute approximate surface area is 174 Å². The van der Waals surface area contributed by atoms with Crippen molar-refractivity contribution in [3.8, 4) is 12.4 Å². The Balaban J connectivity index is 3.60. The molecule has 2 N–H and O–H groups in total. The van der Waals surface area contributed by atoms with E-state index in [0.717, 1.165) is 32.1 Å². The lowest BCUT2D eigenvalue weighted by atomic mass is 9.84. The zero-order chi connectivity index (χ0) is 22.2. The van der Waals surface area contributed by atoms with E-state index in [0.29, 0.717) is 39.3 Å². The monoisotopic (exact) mass is 408 g/mol. The van der Waals surface area contributed by atoms with Crippen LogP contribution in [0.3, 0.4) is 0 Å². The number of nitriles is 2. The number of carbonyl (C=O) groups is 2. The van der Waals surface area contributed by atoms with Crippen LogP contribution in [0.2, 0.25) is 0 Å². The lowest BCUT2D eigenvalue weighted by molar-refractivity contribution is -0.122. The molecule has 8 nitrogen and oxygen atoms in total. The van der Waals surface area contributed by atoms with Crippen LogP contribution in [-0.4, -0.2) is 38.2 Å². The van der Waals surface area contributed by atoms with Gasteiger partial charge in [0.1, 0.15) is 0 Å². The molecular formula is C21H36N4O4. The van der Waals surface area contributed by atoms with Gasteiger partial charge in [-0.05, 0) is 42.9 Å². The third-order valence-corrected chi connectivity index (χ3v) is 4.53. The Bertz CT molecular complexity index is 526. The van der Waals surface area contributed by atoms with Crippen LogP contribution in [0.25, 0.3) is 0 Å². The number of hydrogen-bond donors (Lipinski definition) is 2. The Morgan fingerprint density at radius 2 is 1.07 bits per heavy atom. The fraction of sp³-hybridized carbons (Fsp3) is 0.810. The molecule has 0 unspecified atom stereocenters. The highest BCUT2D eigenvalue weighted by molar-refractivity contribution is 5.78. The fourth-order valence-electron chi connectivity index (χ4n) is 3.03. The van der Waals surface area contributed by atoms with Gasteiger partial charge in [-0.1, -0.05) is 27.7 Å². The van der Waals surface area contributed by atoms with Crippen molar-refractivity contribution in [2.75, 3.05) is 26.4 Å². The summed E-state index contributed by atoms with van der Waals surface area (Å²) in [5.41, 5.74) is -0.313. The topological polar surface area (TPSA) is 124 Å². The molecule has 0 radical (unpaired) electrons. The van der Waals surface area contributed by atoms with Crippen LogP contribution in [0, 0.1) is 33.7 Å². The van der Waals surface area contributed by atoms with Gasteiger partial charge in [0.05, 0.1) is 0 Å². The van der Waals surface area contributed by atoms with Crippen LogP contribution in [0.4, 0.5) is 0 Å². The van der Waals surface area contributed by atoms with Gasteiger partial charge >= 0.3 is 0 Å². The second kappa shape index (κ2) is 14.8. The second-order valence-corrected chi connectivity index (χ2v) is 8.79. The van der Waals surface area contributed by atoms with Crippen molar-refractivity contribution in [1.82, 2.24) is 10.6 Å². The van der Waals surface area contributed by atoms with E-state index in [4.69, 9.17) is 20.0 Å². The van der Waals surface area contributed by atoms with E-state index in [9.17, 15) is 9.59 Å². The molecule has 2 amide bonds. The predicted molar refractivity (Wildman–Crippen MR) is 109 cm³/mol. The van der Waals surface area contributed by atoms with Gasteiger partial charge in [0.2, 0.25) is 11.8 Å². The molecule has 0 spiro atoms. The Morgan fingerprint density at radius 3 is 1.41 bits per heavy atom. The van der Waals surface area contributed by atoms with Crippen LogP contribution < -0.4 is 10.6 Å².